The van der Waals surface area contributed by atoms with E-state index in [1.807, 2.05) is 6.92 Å². The largest absolute Gasteiger partial charge is 0.430 e. The van der Waals surface area contributed by atoms with Crippen LogP contribution in [0.15, 0.2) is 34.6 Å². The zero-order chi connectivity index (χ0) is 20.7. The molecule has 0 atom stereocenters. The number of halogens is 4. The number of carbonyl (C=O) groups is 1. The lowest BCUT2D eigenvalue weighted by Gasteiger charge is -2.14. The Balaban J connectivity index is 2.36. The first-order valence-corrected chi connectivity index (χ1v) is 8.71. The molecule has 0 saturated carbocycles. The molecule has 0 aromatic carbocycles. The Morgan fingerprint density at radius 2 is 2.18 bits per heavy atom. The molecule has 2 rings (SSSR count). The van der Waals surface area contributed by atoms with Gasteiger partial charge in [-0.15, -0.1) is 0 Å². The third-order valence-electron chi connectivity index (χ3n) is 3.46. The second kappa shape index (κ2) is 9.45. The van der Waals surface area contributed by atoms with Crippen molar-refractivity contribution in [2.45, 2.75) is 39.4 Å². The lowest BCUT2D eigenvalue weighted by Crippen LogP contribution is -2.24. The van der Waals surface area contributed by atoms with E-state index in [2.05, 4.69) is 20.3 Å². The van der Waals surface area contributed by atoms with Crippen LogP contribution in [-0.2, 0) is 6.54 Å². The van der Waals surface area contributed by atoms with Crippen molar-refractivity contribution in [2.75, 3.05) is 0 Å². The summed E-state index contributed by atoms with van der Waals surface area (Å²) >= 11 is 6.09. The van der Waals surface area contributed by atoms with Crippen LogP contribution in [0.2, 0.25) is 5.02 Å². The van der Waals surface area contributed by atoms with Crippen LogP contribution in [0.4, 0.5) is 13.2 Å². The van der Waals surface area contributed by atoms with Gasteiger partial charge in [-0.25, -0.2) is 9.67 Å². The summed E-state index contributed by atoms with van der Waals surface area (Å²) in [5, 5.41) is 12.9. The van der Waals surface area contributed by atoms with Gasteiger partial charge in [-0.2, -0.15) is 33.6 Å². The third-order valence-corrected chi connectivity index (χ3v) is 3.75. The molecule has 0 aliphatic rings. The monoisotopic (exact) mass is 414 g/mol. The first-order chi connectivity index (χ1) is 13.3. The van der Waals surface area contributed by atoms with Crippen LogP contribution in [0.3, 0.4) is 0 Å². The van der Waals surface area contributed by atoms with E-state index < -0.39 is 11.9 Å². The average molecular weight is 415 g/mol. The average Bonchev–Trinajstić information content (AvgIpc) is 3.04. The van der Waals surface area contributed by atoms with Crippen molar-refractivity contribution in [3.05, 3.63) is 40.8 Å². The summed E-state index contributed by atoms with van der Waals surface area (Å²) in [4.78, 5) is 15.5. The fourth-order valence-corrected chi connectivity index (χ4v) is 2.27. The summed E-state index contributed by atoms with van der Waals surface area (Å²) in [5.41, 5.74) is -0.634. The summed E-state index contributed by atoms with van der Waals surface area (Å²) in [5.74, 6) is 0.230. The van der Waals surface area contributed by atoms with Gasteiger partial charge in [0.05, 0.1) is 10.7 Å². The summed E-state index contributed by atoms with van der Waals surface area (Å²) in [7, 11) is 0. The van der Waals surface area contributed by atoms with E-state index in [1.165, 1.54) is 23.2 Å². The van der Waals surface area contributed by atoms with Gasteiger partial charge in [0, 0.05) is 12.4 Å². The molecule has 0 aliphatic heterocycles. The van der Waals surface area contributed by atoms with Crippen molar-refractivity contribution in [2.24, 2.45) is 10.2 Å². The first-order valence-electron chi connectivity index (χ1n) is 8.33. The summed E-state index contributed by atoms with van der Waals surface area (Å²) in [6.45, 7) is 2.59. The van der Waals surface area contributed by atoms with Gasteiger partial charge in [0.1, 0.15) is 18.0 Å². The quantitative estimate of drug-likeness (QED) is 0.367. The minimum Gasteiger partial charge on any atom is -0.296 e. The molecule has 0 bridgehead atoms. The number of alkyl halides is 3. The number of hydrogen-bond donors (Lipinski definition) is 0. The van der Waals surface area contributed by atoms with Gasteiger partial charge in [-0.05, 0) is 31.5 Å². The predicted octanol–water partition coefficient (Wildman–Crippen LogP) is 4.26. The highest BCUT2D eigenvalue weighted by atomic mass is 35.5. The van der Waals surface area contributed by atoms with E-state index in [1.54, 1.807) is 12.1 Å². The Labute approximate surface area is 164 Å². The second-order valence-corrected chi connectivity index (χ2v) is 6.11. The molecule has 0 aliphatic carbocycles. The highest BCUT2D eigenvalue weighted by Gasteiger charge is 2.33. The standard InChI is InChI=1S/C17H18ClF3N6O/c1-3-4-8-23-26(24-12(2)17(19,20)21)10-13-9-14(11-28)27(25-13)16-15(18)6-5-7-22-16/h5-9,11H,3-4,10H2,1-2H3/b23-8+,24-12+. The summed E-state index contributed by atoms with van der Waals surface area (Å²) in [6, 6.07) is 4.62. The maximum atomic E-state index is 12.8. The van der Waals surface area contributed by atoms with Crippen molar-refractivity contribution in [3.8, 4) is 5.82 Å². The number of aromatic nitrogens is 3. The van der Waals surface area contributed by atoms with Gasteiger partial charge in [0.25, 0.3) is 0 Å². The lowest BCUT2D eigenvalue weighted by atomic mass is 10.3. The van der Waals surface area contributed by atoms with Crippen LogP contribution < -0.4 is 0 Å². The van der Waals surface area contributed by atoms with Crippen LogP contribution in [0.25, 0.3) is 5.82 Å². The number of hydrogen-bond acceptors (Lipinski definition) is 6. The number of pyridine rings is 1. The van der Waals surface area contributed by atoms with Crippen LogP contribution in [0.5, 0.6) is 0 Å². The molecule has 150 valence electrons. The Bertz CT molecular complexity index is 878. The number of nitrogens with zero attached hydrogens (tertiary/aromatic N) is 6. The van der Waals surface area contributed by atoms with E-state index in [0.717, 1.165) is 18.5 Å². The highest BCUT2D eigenvalue weighted by molar-refractivity contribution is 6.32. The van der Waals surface area contributed by atoms with Crippen molar-refractivity contribution in [3.63, 3.8) is 0 Å². The minimum atomic E-state index is -4.58. The zero-order valence-corrected chi connectivity index (χ0v) is 15.9. The Hall–Kier alpha value is -2.75. The smallest absolute Gasteiger partial charge is 0.296 e. The fraction of sp³-hybridized carbons (Fsp3) is 0.353. The maximum Gasteiger partial charge on any atom is 0.430 e. The molecular weight excluding hydrogens is 397 g/mol. The van der Waals surface area contributed by atoms with Crippen molar-refractivity contribution >= 4 is 29.8 Å². The molecule has 0 spiro atoms. The van der Waals surface area contributed by atoms with Gasteiger partial charge in [-0.3, -0.25) is 4.79 Å². The van der Waals surface area contributed by atoms with Gasteiger partial charge in [-0.1, -0.05) is 24.9 Å². The molecule has 0 saturated heterocycles. The summed E-state index contributed by atoms with van der Waals surface area (Å²) < 4.78 is 39.7. The molecule has 11 heteroatoms. The van der Waals surface area contributed by atoms with E-state index in [0.29, 0.717) is 12.7 Å². The Morgan fingerprint density at radius 1 is 1.43 bits per heavy atom. The van der Waals surface area contributed by atoms with Gasteiger partial charge >= 0.3 is 6.18 Å². The van der Waals surface area contributed by atoms with Crippen molar-refractivity contribution in [1.29, 1.82) is 0 Å². The normalized spacial score (nSPS) is 12.6. The SMILES string of the molecule is CCC/C=N/N(Cc1cc(C=O)n(-c2ncccc2Cl)n1)/N=C(\C)C(F)(F)F. The fourth-order valence-electron chi connectivity index (χ4n) is 2.07. The Kier molecular flexibility index (Phi) is 7.27. The molecule has 2 aromatic rings. The maximum absolute atomic E-state index is 12.8. The van der Waals surface area contributed by atoms with Crippen LogP contribution in [0.1, 0.15) is 42.9 Å². The number of hydrazone groups is 2. The molecule has 7 nitrogen and oxygen atoms in total. The molecule has 0 N–H and O–H groups in total. The molecule has 28 heavy (non-hydrogen) atoms. The van der Waals surface area contributed by atoms with Crippen molar-refractivity contribution in [1.82, 2.24) is 19.9 Å². The van der Waals surface area contributed by atoms with Gasteiger partial charge in [0.15, 0.2) is 12.1 Å². The Morgan fingerprint density at radius 3 is 2.79 bits per heavy atom. The van der Waals surface area contributed by atoms with Crippen LogP contribution in [-0.4, -0.2) is 44.3 Å². The van der Waals surface area contributed by atoms with Gasteiger partial charge < -0.3 is 0 Å². The molecule has 0 unspecified atom stereocenters. The van der Waals surface area contributed by atoms with Crippen LogP contribution >= 0.6 is 11.6 Å². The van der Waals surface area contributed by atoms with Gasteiger partial charge in [0.2, 0.25) is 0 Å². The third kappa shape index (κ3) is 5.62. The van der Waals surface area contributed by atoms with E-state index >= 15 is 0 Å². The molecule has 0 fully saturated rings. The molecule has 2 heterocycles. The van der Waals surface area contributed by atoms with Crippen LogP contribution in [0, 0.1) is 0 Å². The predicted molar refractivity (Wildman–Crippen MR) is 99.9 cm³/mol. The molecular formula is C17H18ClF3N6O. The minimum absolute atomic E-state index is 0.143. The van der Waals surface area contributed by atoms with E-state index in [9.17, 15) is 18.0 Å². The first kappa shape index (κ1) is 21.5. The second-order valence-electron chi connectivity index (χ2n) is 5.70. The summed E-state index contributed by atoms with van der Waals surface area (Å²) in [6.07, 6.45) is 0.287. The molecule has 2 aromatic heterocycles. The number of unbranched alkanes of at least 4 members (excludes halogenated alkanes) is 1. The lowest BCUT2D eigenvalue weighted by molar-refractivity contribution is -0.0608. The number of carbonyl (C=O) groups excluding carboxylic acids is 1. The van der Waals surface area contributed by atoms with E-state index in [-0.39, 0.29) is 28.8 Å². The van der Waals surface area contributed by atoms with Crippen molar-refractivity contribution < 1.29 is 18.0 Å². The number of rotatable bonds is 8. The van der Waals surface area contributed by atoms with E-state index in [4.69, 9.17) is 11.6 Å². The zero-order valence-electron chi connectivity index (χ0n) is 15.2. The topological polar surface area (TPSA) is 75.7 Å². The molecule has 0 radical (unpaired) electrons. The highest BCUT2D eigenvalue weighted by Crippen LogP contribution is 2.20. The number of aldehydes is 1. The molecule has 0 amide bonds.